The topological polar surface area (TPSA) is 85.6 Å². The van der Waals surface area contributed by atoms with Gasteiger partial charge in [0.2, 0.25) is 0 Å². The molecule has 38 heavy (non-hydrogen) atoms. The van der Waals surface area contributed by atoms with Gasteiger partial charge < -0.3 is 4.74 Å². The SMILES string of the molecule is Cc1ccc(COc2ccc(C=NNC(=O)Cn3cnc4sc(C)c(-c5ccccc5)c4c3=O)cc2)cc1. The third-order valence-electron chi connectivity index (χ3n) is 6.04. The quantitative estimate of drug-likeness (QED) is 0.216. The molecule has 1 N–H and O–H groups in total. The zero-order valence-electron chi connectivity index (χ0n) is 21.0. The van der Waals surface area contributed by atoms with Crippen LogP contribution >= 0.6 is 11.3 Å². The van der Waals surface area contributed by atoms with Gasteiger partial charge in [-0.3, -0.25) is 14.2 Å². The largest absolute Gasteiger partial charge is 0.489 e. The summed E-state index contributed by atoms with van der Waals surface area (Å²) in [4.78, 5) is 31.9. The Kier molecular flexibility index (Phi) is 7.42. The summed E-state index contributed by atoms with van der Waals surface area (Å²) in [6, 6.07) is 25.4. The van der Waals surface area contributed by atoms with Crippen LogP contribution in [0.1, 0.15) is 21.6 Å². The van der Waals surface area contributed by atoms with E-state index in [2.05, 4.69) is 34.6 Å². The van der Waals surface area contributed by atoms with Crippen LogP contribution in [0, 0.1) is 13.8 Å². The van der Waals surface area contributed by atoms with Crippen LogP contribution in [-0.2, 0) is 17.9 Å². The predicted molar refractivity (Wildman–Crippen MR) is 152 cm³/mol. The van der Waals surface area contributed by atoms with Crippen molar-refractivity contribution in [3.8, 4) is 16.9 Å². The Morgan fingerprint density at radius 2 is 1.76 bits per heavy atom. The number of hydrazone groups is 1. The number of hydrogen-bond acceptors (Lipinski definition) is 6. The maximum Gasteiger partial charge on any atom is 0.263 e. The first-order chi connectivity index (χ1) is 18.5. The molecule has 0 saturated carbocycles. The Morgan fingerprint density at radius 3 is 2.50 bits per heavy atom. The lowest BCUT2D eigenvalue weighted by Gasteiger charge is -2.07. The van der Waals surface area contributed by atoms with Crippen LogP contribution in [0.2, 0.25) is 0 Å². The summed E-state index contributed by atoms with van der Waals surface area (Å²) in [5, 5.41) is 4.56. The van der Waals surface area contributed by atoms with Gasteiger partial charge in [-0.1, -0.05) is 60.2 Å². The van der Waals surface area contributed by atoms with Crippen LogP contribution < -0.4 is 15.7 Å². The highest BCUT2D eigenvalue weighted by Crippen LogP contribution is 2.35. The molecule has 8 heteroatoms. The van der Waals surface area contributed by atoms with Crippen LogP contribution in [0.3, 0.4) is 0 Å². The highest BCUT2D eigenvalue weighted by Gasteiger charge is 2.17. The molecule has 0 saturated heterocycles. The summed E-state index contributed by atoms with van der Waals surface area (Å²) in [6.45, 7) is 4.33. The summed E-state index contributed by atoms with van der Waals surface area (Å²) in [5.74, 6) is 0.323. The van der Waals surface area contributed by atoms with Gasteiger partial charge in [0.05, 0.1) is 17.9 Å². The highest BCUT2D eigenvalue weighted by molar-refractivity contribution is 7.19. The van der Waals surface area contributed by atoms with Gasteiger partial charge in [-0.2, -0.15) is 5.10 Å². The van der Waals surface area contributed by atoms with E-state index in [1.165, 1.54) is 27.8 Å². The predicted octanol–water partition coefficient (Wildman–Crippen LogP) is 5.47. The van der Waals surface area contributed by atoms with Gasteiger partial charge in [0.15, 0.2) is 0 Å². The molecule has 0 aliphatic rings. The number of hydrogen-bond donors (Lipinski definition) is 1. The van der Waals surface area contributed by atoms with Gasteiger partial charge >= 0.3 is 0 Å². The minimum Gasteiger partial charge on any atom is -0.489 e. The lowest BCUT2D eigenvalue weighted by molar-refractivity contribution is -0.121. The average Bonchev–Trinajstić information content (AvgIpc) is 3.28. The Hall–Kier alpha value is -4.56. The van der Waals surface area contributed by atoms with Gasteiger partial charge in [-0.05, 0) is 54.8 Å². The number of rotatable bonds is 8. The van der Waals surface area contributed by atoms with Crippen molar-refractivity contribution in [1.82, 2.24) is 15.0 Å². The van der Waals surface area contributed by atoms with Crippen molar-refractivity contribution in [3.05, 3.63) is 117 Å². The van der Waals surface area contributed by atoms with Crippen LogP contribution in [0.4, 0.5) is 0 Å². The maximum atomic E-state index is 13.3. The zero-order chi connectivity index (χ0) is 26.5. The van der Waals surface area contributed by atoms with Crippen molar-refractivity contribution in [2.75, 3.05) is 0 Å². The van der Waals surface area contributed by atoms with Crippen molar-refractivity contribution >= 4 is 33.7 Å². The van der Waals surface area contributed by atoms with E-state index in [1.807, 2.05) is 73.7 Å². The van der Waals surface area contributed by atoms with Gasteiger partial charge in [-0.15, -0.1) is 11.3 Å². The van der Waals surface area contributed by atoms with E-state index in [0.29, 0.717) is 16.8 Å². The molecule has 7 nitrogen and oxygen atoms in total. The lowest BCUT2D eigenvalue weighted by Crippen LogP contribution is -2.30. The minimum atomic E-state index is -0.421. The molecule has 0 bridgehead atoms. The van der Waals surface area contributed by atoms with E-state index in [1.54, 1.807) is 6.21 Å². The van der Waals surface area contributed by atoms with Crippen molar-refractivity contribution in [2.45, 2.75) is 27.0 Å². The second kappa shape index (κ2) is 11.2. The fourth-order valence-electron chi connectivity index (χ4n) is 4.07. The van der Waals surface area contributed by atoms with E-state index < -0.39 is 5.91 Å². The monoisotopic (exact) mass is 522 g/mol. The van der Waals surface area contributed by atoms with Crippen molar-refractivity contribution < 1.29 is 9.53 Å². The Bertz CT molecular complexity index is 1650. The molecule has 0 spiro atoms. The molecule has 0 aliphatic heterocycles. The summed E-state index contributed by atoms with van der Waals surface area (Å²) in [6.07, 6.45) is 2.95. The zero-order valence-corrected chi connectivity index (χ0v) is 21.9. The standard InChI is InChI=1S/C30H26N4O3S/c1-20-8-10-23(11-9-20)18-37-25-14-12-22(13-15-25)16-32-33-26(35)17-34-19-31-29-28(30(34)36)27(21(2)38-29)24-6-4-3-5-7-24/h3-16,19H,17-18H2,1-2H3,(H,33,35). The van der Waals surface area contributed by atoms with Gasteiger partial charge in [0.25, 0.3) is 11.5 Å². The van der Waals surface area contributed by atoms with Crippen LogP contribution in [-0.4, -0.2) is 21.7 Å². The normalized spacial score (nSPS) is 11.2. The minimum absolute atomic E-state index is 0.186. The lowest BCUT2D eigenvalue weighted by atomic mass is 10.0. The summed E-state index contributed by atoms with van der Waals surface area (Å²) >= 11 is 1.47. The van der Waals surface area contributed by atoms with Crippen molar-refractivity contribution in [1.29, 1.82) is 0 Å². The molecule has 0 atom stereocenters. The Labute approximate surface area is 224 Å². The molecule has 190 valence electrons. The number of fused-ring (bicyclic) bond motifs is 1. The van der Waals surface area contributed by atoms with Crippen molar-refractivity contribution in [2.24, 2.45) is 5.10 Å². The molecular formula is C30H26N4O3S. The second-order valence-corrected chi connectivity index (χ2v) is 10.1. The number of nitrogens with one attached hydrogen (secondary N) is 1. The number of carbonyl (C=O) groups is 1. The first-order valence-electron chi connectivity index (χ1n) is 12.1. The molecule has 0 unspecified atom stereocenters. The third kappa shape index (κ3) is 5.71. The number of amides is 1. The summed E-state index contributed by atoms with van der Waals surface area (Å²) < 4.78 is 7.14. The van der Waals surface area contributed by atoms with Gasteiger partial charge in [0, 0.05) is 10.4 Å². The molecular weight excluding hydrogens is 496 g/mol. The molecule has 5 rings (SSSR count). The average molecular weight is 523 g/mol. The molecule has 2 heterocycles. The fraction of sp³-hybridized carbons (Fsp3) is 0.133. The third-order valence-corrected chi connectivity index (χ3v) is 7.05. The number of carbonyl (C=O) groups excluding carboxylic acids is 1. The Balaban J connectivity index is 1.21. The Morgan fingerprint density at radius 1 is 1.03 bits per heavy atom. The summed E-state index contributed by atoms with van der Waals surface area (Å²) in [7, 11) is 0. The molecule has 5 aromatic rings. The molecule has 0 aliphatic carbocycles. The molecule has 2 aromatic heterocycles. The number of aryl methyl sites for hydroxylation is 2. The first-order valence-corrected chi connectivity index (χ1v) is 12.9. The van der Waals surface area contributed by atoms with E-state index >= 15 is 0 Å². The van der Waals surface area contributed by atoms with E-state index in [-0.39, 0.29) is 12.1 Å². The van der Waals surface area contributed by atoms with Gasteiger partial charge in [-0.25, -0.2) is 10.4 Å². The van der Waals surface area contributed by atoms with Gasteiger partial charge in [0.1, 0.15) is 23.7 Å². The number of nitrogens with zero attached hydrogens (tertiary/aromatic N) is 3. The summed E-state index contributed by atoms with van der Waals surface area (Å²) in [5.41, 5.74) is 7.16. The number of ether oxygens (including phenoxy) is 1. The van der Waals surface area contributed by atoms with Crippen LogP contribution in [0.25, 0.3) is 21.3 Å². The molecule has 3 aromatic carbocycles. The van der Waals surface area contributed by atoms with E-state index in [9.17, 15) is 9.59 Å². The smallest absolute Gasteiger partial charge is 0.263 e. The molecule has 0 fully saturated rings. The number of aromatic nitrogens is 2. The van der Waals surface area contributed by atoms with Crippen LogP contribution in [0.5, 0.6) is 5.75 Å². The molecule has 1 amide bonds. The first kappa shape index (κ1) is 25.1. The van der Waals surface area contributed by atoms with E-state index in [0.717, 1.165) is 32.9 Å². The molecule has 0 radical (unpaired) electrons. The van der Waals surface area contributed by atoms with E-state index in [4.69, 9.17) is 4.74 Å². The highest BCUT2D eigenvalue weighted by atomic mass is 32.1. The number of thiophene rings is 1. The maximum absolute atomic E-state index is 13.3. The number of benzene rings is 3. The van der Waals surface area contributed by atoms with Crippen molar-refractivity contribution in [3.63, 3.8) is 0 Å². The second-order valence-electron chi connectivity index (χ2n) is 8.89. The van der Waals surface area contributed by atoms with Crippen LogP contribution in [0.15, 0.2) is 95.1 Å². The fourth-order valence-corrected chi connectivity index (χ4v) is 5.08.